The lowest BCUT2D eigenvalue weighted by Crippen LogP contribution is -2.10. The van der Waals surface area contributed by atoms with E-state index in [0.717, 1.165) is 16.8 Å². The van der Waals surface area contributed by atoms with Crippen molar-refractivity contribution in [2.75, 3.05) is 10.6 Å². The summed E-state index contributed by atoms with van der Waals surface area (Å²) >= 11 is 6.05. The van der Waals surface area contributed by atoms with Crippen LogP contribution in [0.5, 0.6) is 0 Å². The maximum atomic E-state index is 12.6. The molecule has 30 heavy (non-hydrogen) atoms. The number of fused-ring (bicyclic) bond motifs is 2. The molecule has 3 aromatic carbocycles. The topological polar surface area (TPSA) is 95.5 Å². The van der Waals surface area contributed by atoms with Crippen molar-refractivity contribution in [3.63, 3.8) is 0 Å². The van der Waals surface area contributed by atoms with Crippen molar-refractivity contribution in [1.82, 2.24) is 0 Å². The Morgan fingerprint density at radius 1 is 0.900 bits per heavy atom. The Hall–Kier alpha value is -2.87. The Morgan fingerprint density at radius 2 is 1.70 bits per heavy atom. The molecule has 3 aromatic rings. The van der Waals surface area contributed by atoms with Crippen LogP contribution in [0, 0.1) is 6.92 Å². The predicted molar refractivity (Wildman–Crippen MR) is 118 cm³/mol. The summed E-state index contributed by atoms with van der Waals surface area (Å²) in [5.41, 5.74) is 4.87. The minimum absolute atomic E-state index is 0.0786. The average molecular weight is 443 g/mol. The van der Waals surface area contributed by atoms with Gasteiger partial charge in [0.25, 0.3) is 16.0 Å². The molecule has 3 N–H and O–H groups in total. The van der Waals surface area contributed by atoms with E-state index in [9.17, 15) is 17.8 Å². The van der Waals surface area contributed by atoms with Crippen molar-refractivity contribution < 1.29 is 17.8 Å². The van der Waals surface area contributed by atoms with Gasteiger partial charge in [0.1, 0.15) is 0 Å². The SMILES string of the molecule is Cc1ccc(S(=O)(=O)O)c(CCc2ccc3c(c2)NC(=O)c2ccc(Cl)cc2N3)c1. The van der Waals surface area contributed by atoms with Gasteiger partial charge < -0.3 is 10.6 Å². The molecule has 4 rings (SSSR count). The van der Waals surface area contributed by atoms with E-state index in [1.54, 1.807) is 30.3 Å². The molecule has 0 unspecified atom stereocenters. The Morgan fingerprint density at radius 3 is 2.47 bits per heavy atom. The lowest BCUT2D eigenvalue weighted by molar-refractivity contribution is 0.102. The Balaban J connectivity index is 1.60. The molecule has 1 aliphatic rings. The number of carbonyl (C=O) groups is 1. The lowest BCUT2D eigenvalue weighted by Gasteiger charge is -2.12. The van der Waals surface area contributed by atoms with Gasteiger partial charge >= 0.3 is 0 Å². The summed E-state index contributed by atoms with van der Waals surface area (Å²) in [5.74, 6) is -0.239. The monoisotopic (exact) mass is 442 g/mol. The molecule has 0 aromatic heterocycles. The van der Waals surface area contributed by atoms with Crippen molar-refractivity contribution >= 4 is 44.7 Å². The van der Waals surface area contributed by atoms with E-state index in [1.807, 2.05) is 25.1 Å². The average Bonchev–Trinajstić information content (AvgIpc) is 2.80. The maximum Gasteiger partial charge on any atom is 0.294 e. The number of carbonyl (C=O) groups excluding carboxylic acids is 1. The maximum absolute atomic E-state index is 12.6. The zero-order valence-electron chi connectivity index (χ0n) is 16.1. The molecule has 0 saturated carbocycles. The van der Waals surface area contributed by atoms with Gasteiger partial charge in [0.05, 0.1) is 27.5 Å². The smallest absolute Gasteiger partial charge is 0.294 e. The molecule has 1 heterocycles. The van der Waals surface area contributed by atoms with Gasteiger partial charge in [-0.3, -0.25) is 9.35 Å². The van der Waals surface area contributed by atoms with Gasteiger partial charge in [-0.05, 0) is 67.3 Å². The molecule has 0 spiro atoms. The van der Waals surface area contributed by atoms with Gasteiger partial charge in [-0.25, -0.2) is 0 Å². The van der Waals surface area contributed by atoms with Crippen molar-refractivity contribution in [1.29, 1.82) is 0 Å². The van der Waals surface area contributed by atoms with Crippen LogP contribution < -0.4 is 10.6 Å². The van der Waals surface area contributed by atoms with Gasteiger partial charge in [-0.15, -0.1) is 0 Å². The first-order valence-electron chi connectivity index (χ1n) is 9.28. The van der Waals surface area contributed by atoms with Crippen LogP contribution in [0.4, 0.5) is 17.1 Å². The third-order valence-electron chi connectivity index (χ3n) is 5.00. The summed E-state index contributed by atoms with van der Waals surface area (Å²) in [6, 6.07) is 15.5. The van der Waals surface area contributed by atoms with Gasteiger partial charge in [-0.2, -0.15) is 8.42 Å². The van der Waals surface area contributed by atoms with Gasteiger partial charge in [-0.1, -0.05) is 35.4 Å². The molecule has 154 valence electrons. The number of anilines is 3. The van der Waals surface area contributed by atoms with Gasteiger partial charge in [0.15, 0.2) is 0 Å². The molecule has 0 fully saturated rings. The summed E-state index contributed by atoms with van der Waals surface area (Å²) in [6.45, 7) is 1.87. The van der Waals surface area contributed by atoms with Crippen LogP contribution in [0.2, 0.25) is 5.02 Å². The second kappa shape index (κ2) is 7.75. The summed E-state index contributed by atoms with van der Waals surface area (Å²) in [6.07, 6.45) is 0.959. The number of halogens is 1. The Kier molecular flexibility index (Phi) is 5.27. The first kappa shape index (κ1) is 20.4. The largest absolute Gasteiger partial charge is 0.353 e. The highest BCUT2D eigenvalue weighted by molar-refractivity contribution is 7.85. The Labute approximate surface area is 179 Å². The lowest BCUT2D eigenvalue weighted by atomic mass is 10.0. The molecule has 0 bridgehead atoms. The minimum Gasteiger partial charge on any atom is -0.353 e. The molecule has 8 heteroatoms. The van der Waals surface area contributed by atoms with E-state index in [-0.39, 0.29) is 10.8 Å². The van der Waals surface area contributed by atoms with Crippen molar-refractivity contribution in [2.45, 2.75) is 24.7 Å². The van der Waals surface area contributed by atoms with Crippen LogP contribution in [0.15, 0.2) is 59.5 Å². The fourth-order valence-corrected chi connectivity index (χ4v) is 4.45. The van der Waals surface area contributed by atoms with E-state index >= 15 is 0 Å². The highest BCUT2D eigenvalue weighted by Crippen LogP contribution is 2.34. The highest BCUT2D eigenvalue weighted by Gasteiger charge is 2.20. The molecule has 1 amide bonds. The summed E-state index contributed by atoms with van der Waals surface area (Å²) in [4.78, 5) is 12.5. The van der Waals surface area contributed by atoms with Crippen LogP contribution in [-0.2, 0) is 23.0 Å². The molecule has 0 atom stereocenters. The van der Waals surface area contributed by atoms with Gasteiger partial charge in [0, 0.05) is 5.02 Å². The fraction of sp³-hybridized carbons (Fsp3) is 0.136. The van der Waals surface area contributed by atoms with E-state index in [4.69, 9.17) is 11.6 Å². The second-order valence-corrected chi connectivity index (χ2v) is 9.06. The Bertz CT molecular complexity index is 1270. The molecule has 0 aliphatic carbocycles. The van der Waals surface area contributed by atoms with E-state index in [0.29, 0.717) is 40.4 Å². The van der Waals surface area contributed by atoms with E-state index in [2.05, 4.69) is 10.6 Å². The first-order valence-corrected chi connectivity index (χ1v) is 11.1. The number of benzene rings is 3. The van der Waals surface area contributed by atoms with Gasteiger partial charge in [0.2, 0.25) is 0 Å². The third kappa shape index (κ3) is 4.18. The summed E-state index contributed by atoms with van der Waals surface area (Å²) in [5, 5.41) is 6.66. The number of amides is 1. The molecule has 0 radical (unpaired) electrons. The zero-order valence-corrected chi connectivity index (χ0v) is 17.6. The number of hydrogen-bond donors (Lipinski definition) is 3. The fourth-order valence-electron chi connectivity index (χ4n) is 3.55. The molecule has 1 aliphatic heterocycles. The van der Waals surface area contributed by atoms with E-state index in [1.165, 1.54) is 6.07 Å². The number of nitrogens with one attached hydrogen (secondary N) is 2. The van der Waals surface area contributed by atoms with Crippen molar-refractivity contribution in [3.05, 3.63) is 81.9 Å². The quantitative estimate of drug-likeness (QED) is 0.495. The summed E-state index contributed by atoms with van der Waals surface area (Å²) < 4.78 is 32.8. The third-order valence-corrected chi connectivity index (χ3v) is 6.19. The molecular formula is C22H19ClN2O4S. The predicted octanol–water partition coefficient (Wildman–Crippen LogP) is 4.99. The normalized spacial score (nSPS) is 13.0. The van der Waals surface area contributed by atoms with Crippen LogP contribution in [0.1, 0.15) is 27.0 Å². The highest BCUT2D eigenvalue weighted by atomic mass is 35.5. The number of rotatable bonds is 4. The second-order valence-electron chi connectivity index (χ2n) is 7.24. The van der Waals surface area contributed by atoms with Crippen LogP contribution in [0.3, 0.4) is 0 Å². The standard InChI is InChI=1S/C22H19ClN2O4S/c1-13-2-9-21(30(27,28)29)15(10-13)5-3-14-4-8-18-20(11-14)25-22(26)17-7-6-16(23)12-19(17)24-18/h2,4,6-12,24H,3,5H2,1H3,(H,25,26)(H,27,28,29). The molecule has 0 saturated heterocycles. The van der Waals surface area contributed by atoms with Crippen molar-refractivity contribution in [2.24, 2.45) is 0 Å². The minimum atomic E-state index is -4.29. The first-order chi connectivity index (χ1) is 14.2. The zero-order chi connectivity index (χ0) is 21.5. The van der Waals surface area contributed by atoms with Crippen LogP contribution >= 0.6 is 11.6 Å². The van der Waals surface area contributed by atoms with Crippen molar-refractivity contribution in [3.8, 4) is 0 Å². The molecular weight excluding hydrogens is 424 g/mol. The summed E-state index contributed by atoms with van der Waals surface area (Å²) in [7, 11) is -4.29. The number of aryl methyl sites for hydroxylation is 3. The van der Waals surface area contributed by atoms with Crippen LogP contribution in [-0.4, -0.2) is 18.9 Å². The number of hydrogen-bond acceptors (Lipinski definition) is 4. The van der Waals surface area contributed by atoms with Crippen LogP contribution in [0.25, 0.3) is 0 Å². The van der Waals surface area contributed by atoms with E-state index < -0.39 is 10.1 Å². The molecule has 6 nitrogen and oxygen atoms in total.